The van der Waals surface area contributed by atoms with Crippen LogP contribution in [0, 0.1) is 5.82 Å². The van der Waals surface area contributed by atoms with Crippen molar-refractivity contribution in [3.05, 3.63) is 96.1 Å². The molecule has 32 heavy (non-hydrogen) atoms. The predicted molar refractivity (Wildman–Crippen MR) is 121 cm³/mol. The summed E-state index contributed by atoms with van der Waals surface area (Å²) in [5.74, 6) is -0.741. The molecule has 4 rings (SSSR count). The van der Waals surface area contributed by atoms with Gasteiger partial charge in [-0.25, -0.2) is 4.39 Å². The first-order valence-electron chi connectivity index (χ1n) is 10.6. The van der Waals surface area contributed by atoms with Crippen molar-refractivity contribution in [3.63, 3.8) is 0 Å². The summed E-state index contributed by atoms with van der Waals surface area (Å²) in [5, 5.41) is 2.89. The lowest BCUT2D eigenvalue weighted by molar-refractivity contribution is -0.133. The predicted octanol–water partition coefficient (Wildman–Crippen LogP) is 2.91. The van der Waals surface area contributed by atoms with Gasteiger partial charge >= 0.3 is 0 Å². The SMILES string of the molecule is O=C(N[C@H](Cc1ccccc1)C(=O)N1CCN(c2ccccc2F)CC1)c1cccnc1. The number of nitrogens with zero attached hydrogens (tertiary/aromatic N) is 3. The smallest absolute Gasteiger partial charge is 0.253 e. The van der Waals surface area contributed by atoms with E-state index in [2.05, 4.69) is 10.3 Å². The zero-order chi connectivity index (χ0) is 22.3. The summed E-state index contributed by atoms with van der Waals surface area (Å²) >= 11 is 0. The minimum atomic E-state index is -0.704. The maximum absolute atomic E-state index is 14.1. The number of pyridine rings is 1. The number of piperazine rings is 1. The van der Waals surface area contributed by atoms with E-state index in [0.29, 0.717) is 43.9 Å². The molecule has 2 amide bonds. The highest BCUT2D eigenvalue weighted by molar-refractivity contribution is 5.97. The van der Waals surface area contributed by atoms with E-state index in [4.69, 9.17) is 0 Å². The lowest BCUT2D eigenvalue weighted by Crippen LogP contribution is -2.55. The van der Waals surface area contributed by atoms with Crippen molar-refractivity contribution < 1.29 is 14.0 Å². The molecule has 1 aromatic heterocycles. The van der Waals surface area contributed by atoms with Gasteiger partial charge in [0.2, 0.25) is 5.91 Å². The second kappa shape index (κ2) is 10.0. The number of hydrogen-bond donors (Lipinski definition) is 1. The van der Waals surface area contributed by atoms with Gasteiger partial charge in [-0.1, -0.05) is 42.5 Å². The summed E-state index contributed by atoms with van der Waals surface area (Å²) in [6.45, 7) is 1.98. The number of nitrogens with one attached hydrogen (secondary N) is 1. The maximum Gasteiger partial charge on any atom is 0.253 e. The van der Waals surface area contributed by atoms with Crippen molar-refractivity contribution >= 4 is 17.5 Å². The Bertz CT molecular complexity index is 1050. The van der Waals surface area contributed by atoms with Gasteiger partial charge in [0, 0.05) is 45.0 Å². The Hall–Kier alpha value is -3.74. The zero-order valence-corrected chi connectivity index (χ0v) is 17.7. The summed E-state index contributed by atoms with van der Waals surface area (Å²) in [6.07, 6.45) is 3.46. The minimum Gasteiger partial charge on any atom is -0.366 e. The first-order valence-corrected chi connectivity index (χ1v) is 10.6. The van der Waals surface area contributed by atoms with Crippen LogP contribution in [0.3, 0.4) is 0 Å². The topological polar surface area (TPSA) is 65.5 Å². The van der Waals surface area contributed by atoms with E-state index in [1.54, 1.807) is 41.4 Å². The number of hydrogen-bond acceptors (Lipinski definition) is 4. The number of halogens is 1. The van der Waals surface area contributed by atoms with Gasteiger partial charge in [0.05, 0.1) is 11.3 Å². The molecular formula is C25H25FN4O2. The van der Waals surface area contributed by atoms with E-state index in [1.807, 2.05) is 35.2 Å². The second-order valence-electron chi connectivity index (χ2n) is 7.72. The van der Waals surface area contributed by atoms with Crippen LogP contribution in [-0.4, -0.2) is 53.9 Å². The molecule has 1 saturated heterocycles. The summed E-state index contributed by atoms with van der Waals surface area (Å²) in [7, 11) is 0. The molecule has 0 unspecified atom stereocenters. The highest BCUT2D eigenvalue weighted by atomic mass is 19.1. The Morgan fingerprint density at radius 2 is 1.66 bits per heavy atom. The standard InChI is InChI=1S/C25H25FN4O2/c26-21-10-4-5-11-23(21)29-13-15-30(16-14-29)25(32)22(17-19-7-2-1-3-8-19)28-24(31)20-9-6-12-27-18-20/h1-12,18,22H,13-17H2,(H,28,31)/t22-/m1/s1. The first kappa shape index (κ1) is 21.5. The third-order valence-electron chi connectivity index (χ3n) is 5.59. The molecule has 1 aliphatic heterocycles. The van der Waals surface area contributed by atoms with Crippen LogP contribution in [0.4, 0.5) is 10.1 Å². The summed E-state index contributed by atoms with van der Waals surface area (Å²) < 4.78 is 14.1. The van der Waals surface area contributed by atoms with Crippen LogP contribution in [0.2, 0.25) is 0 Å². The number of benzene rings is 2. The molecule has 2 heterocycles. The van der Waals surface area contributed by atoms with Gasteiger partial charge in [-0.05, 0) is 29.8 Å². The van der Waals surface area contributed by atoms with Crippen LogP contribution in [0.25, 0.3) is 0 Å². The Labute approximate surface area is 186 Å². The Kier molecular flexibility index (Phi) is 6.75. The van der Waals surface area contributed by atoms with Crippen LogP contribution in [0.1, 0.15) is 15.9 Å². The van der Waals surface area contributed by atoms with E-state index < -0.39 is 6.04 Å². The van der Waals surface area contributed by atoms with Crippen LogP contribution in [-0.2, 0) is 11.2 Å². The van der Waals surface area contributed by atoms with Gasteiger partial charge in [0.1, 0.15) is 11.9 Å². The largest absolute Gasteiger partial charge is 0.366 e. The number of amides is 2. The number of para-hydroxylation sites is 1. The van der Waals surface area contributed by atoms with E-state index in [9.17, 15) is 14.0 Å². The van der Waals surface area contributed by atoms with Gasteiger partial charge in [0.15, 0.2) is 0 Å². The number of anilines is 1. The second-order valence-corrected chi connectivity index (χ2v) is 7.72. The average molecular weight is 432 g/mol. The molecule has 3 aromatic rings. The molecule has 1 fully saturated rings. The lowest BCUT2D eigenvalue weighted by atomic mass is 10.0. The summed E-state index contributed by atoms with van der Waals surface area (Å²) in [6, 6.07) is 18.9. The Morgan fingerprint density at radius 1 is 0.938 bits per heavy atom. The van der Waals surface area contributed by atoms with Gasteiger partial charge in [-0.15, -0.1) is 0 Å². The van der Waals surface area contributed by atoms with Crippen molar-refractivity contribution in [1.29, 1.82) is 0 Å². The monoisotopic (exact) mass is 432 g/mol. The molecule has 1 atom stereocenters. The van der Waals surface area contributed by atoms with Crippen LogP contribution in [0.5, 0.6) is 0 Å². The third-order valence-corrected chi connectivity index (χ3v) is 5.59. The van der Waals surface area contributed by atoms with Crippen LogP contribution in [0.15, 0.2) is 79.1 Å². The fourth-order valence-corrected chi connectivity index (χ4v) is 3.88. The maximum atomic E-state index is 14.1. The fourth-order valence-electron chi connectivity index (χ4n) is 3.88. The van der Waals surface area contributed by atoms with Gasteiger partial charge in [0.25, 0.3) is 5.91 Å². The molecule has 0 spiro atoms. The Morgan fingerprint density at radius 3 is 2.34 bits per heavy atom. The number of carbonyl (C=O) groups excluding carboxylic acids is 2. The highest BCUT2D eigenvalue weighted by Gasteiger charge is 2.29. The highest BCUT2D eigenvalue weighted by Crippen LogP contribution is 2.20. The molecule has 1 N–H and O–H groups in total. The molecular weight excluding hydrogens is 407 g/mol. The molecule has 2 aromatic carbocycles. The van der Waals surface area contributed by atoms with Crippen molar-refractivity contribution in [1.82, 2.24) is 15.2 Å². The first-order chi connectivity index (χ1) is 15.6. The number of carbonyl (C=O) groups is 2. The Balaban J connectivity index is 1.46. The van der Waals surface area contributed by atoms with E-state index in [0.717, 1.165) is 5.56 Å². The minimum absolute atomic E-state index is 0.140. The molecule has 0 bridgehead atoms. The molecule has 0 saturated carbocycles. The summed E-state index contributed by atoms with van der Waals surface area (Å²) in [4.78, 5) is 33.8. The van der Waals surface area contributed by atoms with Crippen LogP contribution >= 0.6 is 0 Å². The molecule has 7 heteroatoms. The molecule has 164 valence electrons. The van der Waals surface area contributed by atoms with Crippen molar-refractivity contribution in [2.45, 2.75) is 12.5 Å². The van der Waals surface area contributed by atoms with Crippen LogP contribution < -0.4 is 10.2 Å². The normalized spacial score (nSPS) is 14.7. The van der Waals surface area contributed by atoms with Gasteiger partial charge < -0.3 is 15.1 Å². The molecule has 1 aliphatic rings. The molecule has 0 aliphatic carbocycles. The van der Waals surface area contributed by atoms with Crippen molar-refractivity contribution in [2.24, 2.45) is 0 Å². The zero-order valence-electron chi connectivity index (χ0n) is 17.7. The van der Waals surface area contributed by atoms with E-state index in [-0.39, 0.29) is 17.6 Å². The van der Waals surface area contributed by atoms with Crippen molar-refractivity contribution in [3.8, 4) is 0 Å². The number of aromatic nitrogens is 1. The van der Waals surface area contributed by atoms with Gasteiger partial charge in [-0.3, -0.25) is 14.6 Å². The lowest BCUT2D eigenvalue weighted by Gasteiger charge is -2.37. The quantitative estimate of drug-likeness (QED) is 0.651. The third kappa shape index (κ3) is 5.11. The van der Waals surface area contributed by atoms with Crippen molar-refractivity contribution in [2.75, 3.05) is 31.1 Å². The summed E-state index contributed by atoms with van der Waals surface area (Å²) in [5.41, 5.74) is 1.91. The number of rotatable bonds is 6. The average Bonchev–Trinajstić information content (AvgIpc) is 2.85. The molecule has 6 nitrogen and oxygen atoms in total. The van der Waals surface area contributed by atoms with Gasteiger partial charge in [-0.2, -0.15) is 0 Å². The molecule has 0 radical (unpaired) electrons. The van der Waals surface area contributed by atoms with E-state index >= 15 is 0 Å². The van der Waals surface area contributed by atoms with E-state index in [1.165, 1.54) is 12.3 Å². The fraction of sp³-hybridized carbons (Fsp3) is 0.240.